The zero-order chi connectivity index (χ0) is 44.7. The molecular formula is C44H76O14P2. The fourth-order valence-corrected chi connectivity index (χ4v) is 6.50. The molecule has 0 saturated heterocycles. The molecule has 0 heterocycles. The highest BCUT2D eigenvalue weighted by molar-refractivity contribution is 7.47. The fourth-order valence-electron chi connectivity index (χ4n) is 5.35. The van der Waals surface area contributed by atoms with E-state index in [9.17, 15) is 33.8 Å². The highest BCUT2D eigenvalue weighted by atomic mass is 31.2. The van der Waals surface area contributed by atoms with E-state index in [-0.39, 0.29) is 19.3 Å². The standard InChI is InChI=1S/C44H76O14P2/c1-4-5-6-7-8-9-10-11-12-13-14-15-19-22-25-28-31-40(45)33-34-43(47)54-37-42(38-57-60(52,53)56-36-41(46)35-55-59(49,50)51)58-44(48)32-29-26-23-20-17-16-18-21-24-27-30-39(2)3/h5-6,8-9,11-12,14-15,22,25,28,31,39-42,45-46H,4,7,10,13,16-21,23-24,26-27,29-30,32-38H2,1-3H3,(H,52,53)(H2,49,50,51)/b6-5-,9-8-,12-11-,15-14-,25-22-,31-28-/t40?,41-,42+/m0/s1. The molecule has 16 heteroatoms. The summed E-state index contributed by atoms with van der Waals surface area (Å²) in [5.41, 5.74) is 0. The molecule has 0 aromatic rings. The first-order valence-corrected chi connectivity index (χ1v) is 24.6. The van der Waals surface area contributed by atoms with Crippen LogP contribution in [0.15, 0.2) is 72.9 Å². The highest BCUT2D eigenvalue weighted by Crippen LogP contribution is 2.43. The van der Waals surface area contributed by atoms with Crippen molar-refractivity contribution in [2.45, 2.75) is 161 Å². The van der Waals surface area contributed by atoms with Crippen LogP contribution in [-0.2, 0) is 41.8 Å². The van der Waals surface area contributed by atoms with E-state index in [1.807, 2.05) is 12.2 Å². The van der Waals surface area contributed by atoms with Gasteiger partial charge in [-0.25, -0.2) is 9.13 Å². The Balaban J connectivity index is 4.75. The van der Waals surface area contributed by atoms with E-state index in [1.54, 1.807) is 18.2 Å². The summed E-state index contributed by atoms with van der Waals surface area (Å²) in [4.78, 5) is 52.7. The summed E-state index contributed by atoms with van der Waals surface area (Å²) in [5, 5.41) is 20.0. The van der Waals surface area contributed by atoms with Crippen molar-refractivity contribution in [3.8, 4) is 0 Å². The lowest BCUT2D eigenvalue weighted by Crippen LogP contribution is -2.30. The maximum atomic E-state index is 12.6. The molecule has 0 aliphatic carbocycles. The number of ether oxygens (including phenoxy) is 2. The van der Waals surface area contributed by atoms with E-state index in [4.69, 9.17) is 23.8 Å². The molecule has 0 bridgehead atoms. The molecule has 0 radical (unpaired) electrons. The Labute approximate surface area is 359 Å². The number of rotatable bonds is 39. The number of carbonyl (C=O) groups is 2. The summed E-state index contributed by atoms with van der Waals surface area (Å²) < 4.78 is 47.5. The molecule has 0 fully saturated rings. The van der Waals surface area contributed by atoms with Gasteiger partial charge < -0.3 is 34.4 Å². The van der Waals surface area contributed by atoms with Gasteiger partial charge in [-0.05, 0) is 50.9 Å². The zero-order valence-corrected chi connectivity index (χ0v) is 38.1. The molecule has 0 aromatic heterocycles. The minimum Gasteiger partial charge on any atom is -0.462 e. The summed E-state index contributed by atoms with van der Waals surface area (Å²) in [6, 6.07) is 0. The molecule has 60 heavy (non-hydrogen) atoms. The van der Waals surface area contributed by atoms with E-state index < -0.39 is 72.3 Å². The number of phosphoric acid groups is 2. The van der Waals surface area contributed by atoms with Crippen molar-refractivity contribution >= 4 is 27.6 Å². The minimum atomic E-state index is -4.89. The maximum Gasteiger partial charge on any atom is 0.472 e. The van der Waals surface area contributed by atoms with Crippen LogP contribution in [0.3, 0.4) is 0 Å². The molecule has 14 nitrogen and oxygen atoms in total. The molecule has 0 aromatic carbocycles. The van der Waals surface area contributed by atoms with Crippen LogP contribution >= 0.6 is 15.6 Å². The van der Waals surface area contributed by atoms with Crippen LogP contribution in [0, 0.1) is 5.92 Å². The lowest BCUT2D eigenvalue weighted by atomic mass is 10.0. The minimum absolute atomic E-state index is 0.0625. The van der Waals surface area contributed by atoms with Gasteiger partial charge in [0.05, 0.1) is 25.9 Å². The van der Waals surface area contributed by atoms with Crippen molar-refractivity contribution in [3.05, 3.63) is 72.9 Å². The third-order valence-corrected chi connectivity index (χ3v) is 10.1. The van der Waals surface area contributed by atoms with E-state index in [2.05, 4.69) is 72.4 Å². The Morgan fingerprint density at radius 3 is 1.62 bits per heavy atom. The lowest BCUT2D eigenvalue weighted by molar-refractivity contribution is -0.161. The van der Waals surface area contributed by atoms with Gasteiger partial charge >= 0.3 is 27.6 Å². The molecule has 0 aliphatic rings. The van der Waals surface area contributed by atoms with Gasteiger partial charge in [0.2, 0.25) is 0 Å². The molecule has 0 amide bonds. The maximum absolute atomic E-state index is 12.6. The number of carbonyl (C=O) groups excluding carboxylic acids is 2. The molecule has 2 unspecified atom stereocenters. The summed E-state index contributed by atoms with van der Waals surface area (Å²) in [5.74, 6) is -0.565. The third kappa shape index (κ3) is 42.2. The molecule has 0 spiro atoms. The van der Waals surface area contributed by atoms with Crippen molar-refractivity contribution in [3.63, 3.8) is 0 Å². The summed E-state index contributed by atoms with van der Waals surface area (Å²) in [7, 11) is -9.75. The Bertz CT molecular complexity index is 1370. The number of esters is 2. The van der Waals surface area contributed by atoms with Crippen molar-refractivity contribution in [2.24, 2.45) is 5.92 Å². The number of unbranched alkanes of at least 4 members (excludes halogenated alkanes) is 9. The van der Waals surface area contributed by atoms with Crippen LogP contribution in [0.25, 0.3) is 0 Å². The average Bonchev–Trinajstić information content (AvgIpc) is 3.19. The van der Waals surface area contributed by atoms with Crippen LogP contribution in [0.1, 0.15) is 143 Å². The van der Waals surface area contributed by atoms with Crippen molar-refractivity contribution < 1.29 is 66.7 Å². The quantitative estimate of drug-likeness (QED) is 0.0128. The first-order chi connectivity index (χ1) is 28.6. The number of allylic oxidation sites excluding steroid dienone is 11. The second-order valence-electron chi connectivity index (χ2n) is 14.9. The van der Waals surface area contributed by atoms with Gasteiger partial charge in [-0.1, -0.05) is 158 Å². The van der Waals surface area contributed by atoms with Crippen molar-refractivity contribution in [2.75, 3.05) is 26.4 Å². The predicted octanol–water partition coefficient (Wildman–Crippen LogP) is 9.83. The fraction of sp³-hybridized carbons (Fsp3) is 0.682. The smallest absolute Gasteiger partial charge is 0.462 e. The van der Waals surface area contributed by atoms with E-state index in [0.29, 0.717) is 6.42 Å². The number of phosphoric ester groups is 2. The van der Waals surface area contributed by atoms with Crippen LogP contribution in [-0.4, -0.2) is 81.6 Å². The van der Waals surface area contributed by atoms with E-state index in [0.717, 1.165) is 63.7 Å². The Hall–Kier alpha value is -2.48. The predicted molar refractivity (Wildman–Crippen MR) is 236 cm³/mol. The van der Waals surface area contributed by atoms with Gasteiger partial charge in [-0.3, -0.25) is 23.2 Å². The molecule has 0 rings (SSSR count). The second kappa shape index (κ2) is 38.2. The van der Waals surface area contributed by atoms with Crippen LogP contribution in [0.4, 0.5) is 0 Å². The topological polar surface area (TPSA) is 216 Å². The van der Waals surface area contributed by atoms with Gasteiger partial charge in [0, 0.05) is 12.8 Å². The number of aliphatic hydroxyl groups excluding tert-OH is 2. The molecule has 346 valence electrons. The SMILES string of the molecule is CC/C=C\C/C=C\C/C=C\C/C=C\C/C=C\C=C/C(O)CCC(=O)OC[C@H](COP(=O)(O)OC[C@@H](O)COP(=O)(O)O)OC(=O)CCCCCCCCCCCCC(C)C. The van der Waals surface area contributed by atoms with Gasteiger partial charge in [-0.2, -0.15) is 0 Å². The van der Waals surface area contributed by atoms with Crippen molar-refractivity contribution in [1.82, 2.24) is 0 Å². The highest BCUT2D eigenvalue weighted by Gasteiger charge is 2.28. The monoisotopic (exact) mass is 890 g/mol. The largest absolute Gasteiger partial charge is 0.472 e. The zero-order valence-electron chi connectivity index (χ0n) is 36.3. The Kier molecular flexibility index (Phi) is 36.6. The van der Waals surface area contributed by atoms with E-state index >= 15 is 0 Å². The van der Waals surface area contributed by atoms with Crippen LogP contribution in [0.2, 0.25) is 0 Å². The van der Waals surface area contributed by atoms with E-state index in [1.165, 1.54) is 38.5 Å². The van der Waals surface area contributed by atoms with Gasteiger partial charge in [0.25, 0.3) is 0 Å². The Morgan fingerprint density at radius 1 is 0.567 bits per heavy atom. The summed E-state index contributed by atoms with van der Waals surface area (Å²) >= 11 is 0. The van der Waals surface area contributed by atoms with Gasteiger partial charge in [0.15, 0.2) is 6.10 Å². The van der Waals surface area contributed by atoms with Gasteiger partial charge in [-0.15, -0.1) is 0 Å². The first kappa shape index (κ1) is 57.5. The Morgan fingerprint density at radius 2 is 1.07 bits per heavy atom. The summed E-state index contributed by atoms with van der Waals surface area (Å²) in [6.07, 6.45) is 36.7. The second-order valence-corrected chi connectivity index (χ2v) is 17.6. The third-order valence-electron chi connectivity index (χ3n) is 8.65. The normalized spacial score (nSPS) is 15.3. The number of hydrogen-bond donors (Lipinski definition) is 5. The number of aliphatic hydroxyl groups is 2. The van der Waals surface area contributed by atoms with Gasteiger partial charge in [0.1, 0.15) is 12.7 Å². The number of hydrogen-bond acceptors (Lipinski definition) is 11. The van der Waals surface area contributed by atoms with Crippen molar-refractivity contribution in [1.29, 1.82) is 0 Å². The van der Waals surface area contributed by atoms with Crippen LogP contribution < -0.4 is 0 Å². The molecule has 5 N–H and O–H groups in total. The molecular weight excluding hydrogens is 814 g/mol. The molecule has 0 saturated carbocycles. The first-order valence-electron chi connectivity index (χ1n) is 21.6. The average molecular weight is 891 g/mol. The molecule has 0 aliphatic heterocycles. The molecule has 4 atom stereocenters. The van der Waals surface area contributed by atoms with Crippen LogP contribution in [0.5, 0.6) is 0 Å². The lowest BCUT2D eigenvalue weighted by Gasteiger charge is -2.20. The summed E-state index contributed by atoms with van der Waals surface area (Å²) in [6.45, 7) is 3.64.